The van der Waals surface area contributed by atoms with E-state index in [1.165, 1.54) is 5.56 Å². The standard InChI is InChI=1S/C23H21BrN4O/c24-18-8-5-7-17(15-18)16-28-21-11-2-1-9-19(21)27-22(28)12-6-14-26-23(29)20-10-3-4-13-25-20/h1-5,7-11,13,15H,6,12,14,16H2,(H,26,29). The summed E-state index contributed by atoms with van der Waals surface area (Å²) >= 11 is 3.55. The van der Waals surface area contributed by atoms with Gasteiger partial charge in [0.15, 0.2) is 0 Å². The summed E-state index contributed by atoms with van der Waals surface area (Å²) in [5.74, 6) is 0.881. The molecular formula is C23H21BrN4O. The van der Waals surface area contributed by atoms with Crippen molar-refractivity contribution in [2.75, 3.05) is 6.54 Å². The summed E-state index contributed by atoms with van der Waals surface area (Å²) in [6.07, 6.45) is 3.21. The number of carbonyl (C=O) groups excluding carboxylic acids is 1. The molecule has 1 amide bonds. The van der Waals surface area contributed by atoms with E-state index in [1.807, 2.05) is 36.4 Å². The van der Waals surface area contributed by atoms with Crippen LogP contribution >= 0.6 is 15.9 Å². The zero-order valence-corrected chi connectivity index (χ0v) is 17.5. The van der Waals surface area contributed by atoms with Crippen molar-refractivity contribution in [3.8, 4) is 0 Å². The highest BCUT2D eigenvalue weighted by Crippen LogP contribution is 2.20. The predicted molar refractivity (Wildman–Crippen MR) is 118 cm³/mol. The Balaban J connectivity index is 1.46. The van der Waals surface area contributed by atoms with Crippen LogP contribution in [0.15, 0.2) is 77.4 Å². The van der Waals surface area contributed by atoms with E-state index in [4.69, 9.17) is 4.98 Å². The van der Waals surface area contributed by atoms with E-state index in [0.717, 1.165) is 40.7 Å². The van der Waals surface area contributed by atoms with Crippen molar-refractivity contribution in [3.05, 3.63) is 94.5 Å². The second kappa shape index (κ2) is 9.01. The van der Waals surface area contributed by atoms with Gasteiger partial charge in [-0.25, -0.2) is 4.98 Å². The molecule has 0 aliphatic rings. The van der Waals surface area contributed by atoms with Crippen LogP contribution in [0.5, 0.6) is 0 Å². The van der Waals surface area contributed by atoms with Gasteiger partial charge >= 0.3 is 0 Å². The lowest BCUT2D eigenvalue weighted by atomic mass is 10.2. The second-order valence-corrected chi connectivity index (χ2v) is 7.72. The van der Waals surface area contributed by atoms with Gasteiger partial charge in [-0.1, -0.05) is 46.3 Å². The number of carbonyl (C=O) groups is 1. The lowest BCUT2D eigenvalue weighted by molar-refractivity contribution is 0.0948. The van der Waals surface area contributed by atoms with Crippen molar-refractivity contribution in [3.63, 3.8) is 0 Å². The van der Waals surface area contributed by atoms with Crippen LogP contribution in [0.1, 0.15) is 28.3 Å². The Hall–Kier alpha value is -2.99. The number of hydrogen-bond donors (Lipinski definition) is 1. The number of aromatic nitrogens is 3. The van der Waals surface area contributed by atoms with Crippen molar-refractivity contribution >= 4 is 32.9 Å². The SMILES string of the molecule is O=C(NCCCc1nc2ccccc2n1Cc1cccc(Br)c1)c1ccccn1. The third-order valence-electron chi connectivity index (χ3n) is 4.72. The van der Waals surface area contributed by atoms with Crippen LogP contribution in [0, 0.1) is 0 Å². The van der Waals surface area contributed by atoms with Gasteiger partial charge < -0.3 is 9.88 Å². The number of hydrogen-bond acceptors (Lipinski definition) is 3. The average Bonchev–Trinajstić information content (AvgIpc) is 3.09. The number of halogens is 1. The molecule has 0 spiro atoms. The van der Waals surface area contributed by atoms with E-state index in [9.17, 15) is 4.79 Å². The average molecular weight is 449 g/mol. The van der Waals surface area contributed by atoms with Gasteiger partial charge in [0.05, 0.1) is 11.0 Å². The molecular weight excluding hydrogens is 428 g/mol. The van der Waals surface area contributed by atoms with E-state index < -0.39 is 0 Å². The largest absolute Gasteiger partial charge is 0.351 e. The number of fused-ring (bicyclic) bond motifs is 1. The zero-order chi connectivity index (χ0) is 20.1. The van der Waals surface area contributed by atoms with Crippen molar-refractivity contribution < 1.29 is 4.79 Å². The molecule has 1 N–H and O–H groups in total. The van der Waals surface area contributed by atoms with Crippen LogP contribution in [-0.4, -0.2) is 27.0 Å². The summed E-state index contributed by atoms with van der Waals surface area (Å²) in [7, 11) is 0. The highest BCUT2D eigenvalue weighted by molar-refractivity contribution is 9.10. The Morgan fingerprint density at radius 3 is 2.72 bits per heavy atom. The van der Waals surface area contributed by atoms with Gasteiger partial charge in [0.25, 0.3) is 5.91 Å². The number of amides is 1. The van der Waals surface area contributed by atoms with Gasteiger partial charge in [-0.3, -0.25) is 9.78 Å². The fourth-order valence-electron chi connectivity index (χ4n) is 3.35. The first-order valence-corrected chi connectivity index (χ1v) is 10.4. The first-order chi connectivity index (χ1) is 14.2. The van der Waals surface area contributed by atoms with E-state index in [-0.39, 0.29) is 5.91 Å². The van der Waals surface area contributed by atoms with E-state index >= 15 is 0 Å². The van der Waals surface area contributed by atoms with Crippen molar-refractivity contribution in [2.24, 2.45) is 0 Å². The molecule has 0 radical (unpaired) electrons. The molecule has 5 nitrogen and oxygen atoms in total. The lowest BCUT2D eigenvalue weighted by Gasteiger charge is -2.10. The number of para-hydroxylation sites is 2. The van der Waals surface area contributed by atoms with Crippen LogP contribution < -0.4 is 5.32 Å². The summed E-state index contributed by atoms with van der Waals surface area (Å²) in [4.78, 5) is 21.1. The molecule has 0 aliphatic carbocycles. The van der Waals surface area contributed by atoms with Gasteiger partial charge in [0.2, 0.25) is 0 Å². The Morgan fingerprint density at radius 1 is 1.03 bits per heavy atom. The second-order valence-electron chi connectivity index (χ2n) is 6.81. The maximum atomic E-state index is 12.1. The van der Waals surface area contributed by atoms with Crippen LogP contribution in [0.2, 0.25) is 0 Å². The Bertz CT molecular complexity index is 1120. The van der Waals surface area contributed by atoms with Crippen LogP contribution in [-0.2, 0) is 13.0 Å². The molecule has 2 aromatic carbocycles. The predicted octanol–water partition coefficient (Wildman–Crippen LogP) is 4.60. The summed E-state index contributed by atoms with van der Waals surface area (Å²) < 4.78 is 3.33. The summed E-state index contributed by atoms with van der Waals surface area (Å²) in [5, 5.41) is 2.93. The molecule has 0 bridgehead atoms. The molecule has 146 valence electrons. The van der Waals surface area contributed by atoms with Gasteiger partial charge in [-0.05, 0) is 48.4 Å². The minimum atomic E-state index is -0.145. The molecule has 29 heavy (non-hydrogen) atoms. The number of benzene rings is 2. The maximum Gasteiger partial charge on any atom is 0.269 e. The quantitative estimate of drug-likeness (QED) is 0.420. The molecule has 2 heterocycles. The molecule has 0 aliphatic heterocycles. The molecule has 6 heteroatoms. The lowest BCUT2D eigenvalue weighted by Crippen LogP contribution is -2.25. The highest BCUT2D eigenvalue weighted by atomic mass is 79.9. The first kappa shape index (κ1) is 19.3. The van der Waals surface area contributed by atoms with E-state index in [2.05, 4.69) is 49.0 Å². The molecule has 4 rings (SSSR count). The van der Waals surface area contributed by atoms with E-state index in [1.54, 1.807) is 18.3 Å². The fourth-order valence-corrected chi connectivity index (χ4v) is 3.79. The third kappa shape index (κ3) is 4.71. The van der Waals surface area contributed by atoms with E-state index in [0.29, 0.717) is 12.2 Å². The molecule has 0 fully saturated rings. The number of nitrogens with zero attached hydrogens (tertiary/aromatic N) is 3. The topological polar surface area (TPSA) is 59.8 Å². The molecule has 2 aromatic heterocycles. The first-order valence-electron chi connectivity index (χ1n) is 9.58. The van der Waals surface area contributed by atoms with Crippen molar-refractivity contribution in [1.82, 2.24) is 19.9 Å². The maximum absolute atomic E-state index is 12.1. The Morgan fingerprint density at radius 2 is 1.90 bits per heavy atom. The Kier molecular flexibility index (Phi) is 6.00. The normalized spacial score (nSPS) is 10.9. The smallest absolute Gasteiger partial charge is 0.269 e. The minimum absolute atomic E-state index is 0.145. The summed E-state index contributed by atoms with van der Waals surface area (Å²) in [5.41, 5.74) is 3.77. The number of imidazole rings is 1. The number of aryl methyl sites for hydroxylation is 1. The van der Waals surface area contributed by atoms with Crippen molar-refractivity contribution in [1.29, 1.82) is 0 Å². The molecule has 0 unspecified atom stereocenters. The monoisotopic (exact) mass is 448 g/mol. The molecule has 0 saturated carbocycles. The van der Waals surface area contributed by atoms with Crippen LogP contribution in [0.25, 0.3) is 11.0 Å². The van der Waals surface area contributed by atoms with Gasteiger partial charge in [-0.2, -0.15) is 0 Å². The van der Waals surface area contributed by atoms with Crippen LogP contribution in [0.4, 0.5) is 0 Å². The fraction of sp³-hybridized carbons (Fsp3) is 0.174. The minimum Gasteiger partial charge on any atom is -0.351 e. The Labute approximate surface area is 177 Å². The molecule has 4 aromatic rings. The summed E-state index contributed by atoms with van der Waals surface area (Å²) in [6.45, 7) is 1.34. The third-order valence-corrected chi connectivity index (χ3v) is 5.22. The molecule has 0 atom stereocenters. The van der Waals surface area contributed by atoms with Crippen LogP contribution in [0.3, 0.4) is 0 Å². The number of pyridine rings is 1. The number of rotatable bonds is 7. The van der Waals surface area contributed by atoms with Gasteiger partial charge in [0, 0.05) is 30.2 Å². The van der Waals surface area contributed by atoms with Gasteiger partial charge in [-0.15, -0.1) is 0 Å². The zero-order valence-electron chi connectivity index (χ0n) is 15.9. The summed E-state index contributed by atoms with van der Waals surface area (Å²) in [6, 6.07) is 21.8. The van der Waals surface area contributed by atoms with Gasteiger partial charge in [0.1, 0.15) is 11.5 Å². The number of nitrogens with one attached hydrogen (secondary N) is 1. The highest BCUT2D eigenvalue weighted by Gasteiger charge is 2.12. The molecule has 0 saturated heterocycles. The van der Waals surface area contributed by atoms with Crippen molar-refractivity contribution in [2.45, 2.75) is 19.4 Å².